The Labute approximate surface area is 117 Å². The van der Waals surface area contributed by atoms with Crippen molar-refractivity contribution in [3.8, 4) is 6.07 Å². The summed E-state index contributed by atoms with van der Waals surface area (Å²) < 4.78 is 5.39. The van der Waals surface area contributed by atoms with Crippen LogP contribution in [0.15, 0.2) is 21.3 Å². The number of hydrogen-bond donors (Lipinski definition) is 0. The van der Waals surface area contributed by atoms with Crippen LogP contribution in [0.2, 0.25) is 0 Å². The molecule has 2 aromatic rings. The average Bonchev–Trinajstić information content (AvgIpc) is 2.96. The lowest BCUT2D eigenvalue weighted by molar-refractivity contribution is 0.555. The number of anilines is 1. The van der Waals surface area contributed by atoms with Gasteiger partial charge in [-0.1, -0.05) is 6.07 Å². The van der Waals surface area contributed by atoms with Gasteiger partial charge in [-0.3, -0.25) is 0 Å². The second kappa shape index (κ2) is 4.68. The number of hydrogen-bond acceptors (Lipinski definition) is 4. The Balaban J connectivity index is 2.42. The molecular formula is C16H16N2O2. The first-order valence-electron chi connectivity index (χ1n) is 6.85. The van der Waals surface area contributed by atoms with E-state index in [1.165, 1.54) is 0 Å². The normalized spacial score (nSPS) is 14.8. The van der Waals surface area contributed by atoms with Gasteiger partial charge in [-0.2, -0.15) is 5.26 Å². The molecule has 0 aliphatic carbocycles. The molecule has 0 bridgehead atoms. The van der Waals surface area contributed by atoms with Crippen LogP contribution in [0.3, 0.4) is 0 Å². The zero-order valence-corrected chi connectivity index (χ0v) is 11.7. The molecule has 1 aliphatic rings. The first-order chi connectivity index (χ1) is 9.63. The third-order valence-electron chi connectivity index (χ3n) is 4.10. The maximum Gasteiger partial charge on any atom is 0.356 e. The number of nitriles is 1. The molecule has 102 valence electrons. The molecule has 1 aromatic heterocycles. The van der Waals surface area contributed by atoms with Gasteiger partial charge in [0.05, 0.1) is 5.69 Å². The van der Waals surface area contributed by atoms with E-state index in [1.54, 1.807) is 0 Å². The zero-order chi connectivity index (χ0) is 14.3. The highest BCUT2D eigenvalue weighted by Crippen LogP contribution is 2.33. The van der Waals surface area contributed by atoms with E-state index in [0.717, 1.165) is 48.1 Å². The summed E-state index contributed by atoms with van der Waals surface area (Å²) in [7, 11) is 0. The van der Waals surface area contributed by atoms with Gasteiger partial charge in [0.15, 0.2) is 5.56 Å². The third kappa shape index (κ3) is 1.78. The van der Waals surface area contributed by atoms with Crippen LogP contribution in [0.1, 0.15) is 29.5 Å². The molecule has 20 heavy (non-hydrogen) atoms. The molecule has 0 spiro atoms. The molecule has 3 rings (SSSR count). The monoisotopic (exact) mass is 268 g/mol. The van der Waals surface area contributed by atoms with Gasteiger partial charge in [0.25, 0.3) is 0 Å². The molecular weight excluding hydrogens is 252 g/mol. The van der Waals surface area contributed by atoms with Crippen molar-refractivity contribution in [3.05, 3.63) is 39.2 Å². The summed E-state index contributed by atoms with van der Waals surface area (Å²) in [5, 5.41) is 10.2. The molecule has 0 N–H and O–H groups in total. The van der Waals surface area contributed by atoms with Crippen LogP contribution in [0, 0.1) is 25.2 Å². The van der Waals surface area contributed by atoms with Crippen molar-refractivity contribution in [2.75, 3.05) is 18.0 Å². The van der Waals surface area contributed by atoms with E-state index in [2.05, 4.69) is 4.90 Å². The Morgan fingerprint density at radius 1 is 1.25 bits per heavy atom. The summed E-state index contributed by atoms with van der Waals surface area (Å²) in [6.07, 6.45) is 2.19. The third-order valence-corrected chi connectivity index (χ3v) is 4.10. The van der Waals surface area contributed by atoms with Crippen molar-refractivity contribution in [1.29, 1.82) is 5.26 Å². The van der Waals surface area contributed by atoms with Crippen molar-refractivity contribution < 1.29 is 4.42 Å². The van der Waals surface area contributed by atoms with Crippen LogP contribution < -0.4 is 10.5 Å². The van der Waals surface area contributed by atoms with Gasteiger partial charge in [0, 0.05) is 18.5 Å². The number of fused-ring (bicyclic) bond motifs is 1. The first kappa shape index (κ1) is 12.7. The number of aryl methyl sites for hydroxylation is 2. The largest absolute Gasteiger partial charge is 0.421 e. The number of benzene rings is 1. The van der Waals surface area contributed by atoms with Gasteiger partial charge in [-0.05, 0) is 43.9 Å². The van der Waals surface area contributed by atoms with Crippen LogP contribution in [0.5, 0.6) is 0 Å². The van der Waals surface area contributed by atoms with Crippen LogP contribution >= 0.6 is 0 Å². The van der Waals surface area contributed by atoms with Crippen molar-refractivity contribution in [2.45, 2.75) is 26.7 Å². The molecule has 4 nitrogen and oxygen atoms in total. The molecule has 0 saturated carbocycles. The topological polar surface area (TPSA) is 57.2 Å². The van der Waals surface area contributed by atoms with Crippen molar-refractivity contribution in [1.82, 2.24) is 0 Å². The molecule has 2 heterocycles. The van der Waals surface area contributed by atoms with Crippen molar-refractivity contribution in [3.63, 3.8) is 0 Å². The molecule has 0 unspecified atom stereocenters. The highest BCUT2D eigenvalue weighted by molar-refractivity contribution is 5.95. The van der Waals surface area contributed by atoms with Gasteiger partial charge in [0.1, 0.15) is 11.7 Å². The smallest absolute Gasteiger partial charge is 0.356 e. The first-order valence-corrected chi connectivity index (χ1v) is 6.85. The summed E-state index contributed by atoms with van der Waals surface area (Å²) in [6, 6.07) is 5.98. The van der Waals surface area contributed by atoms with Crippen molar-refractivity contribution >= 4 is 16.7 Å². The maximum atomic E-state index is 12.1. The van der Waals surface area contributed by atoms with Gasteiger partial charge in [0.2, 0.25) is 0 Å². The highest BCUT2D eigenvalue weighted by Gasteiger charge is 2.23. The molecule has 1 aromatic carbocycles. The van der Waals surface area contributed by atoms with Gasteiger partial charge in [-0.15, -0.1) is 0 Å². The van der Waals surface area contributed by atoms with Gasteiger partial charge >= 0.3 is 5.63 Å². The molecule has 1 fully saturated rings. The van der Waals surface area contributed by atoms with E-state index in [1.807, 2.05) is 32.0 Å². The minimum Gasteiger partial charge on any atom is -0.421 e. The van der Waals surface area contributed by atoms with Crippen LogP contribution in [0.4, 0.5) is 5.69 Å². The minimum absolute atomic E-state index is 0.127. The molecule has 0 atom stereocenters. The summed E-state index contributed by atoms with van der Waals surface area (Å²) >= 11 is 0. The lowest BCUT2D eigenvalue weighted by Crippen LogP contribution is -2.22. The van der Waals surface area contributed by atoms with Gasteiger partial charge < -0.3 is 9.32 Å². The second-order valence-corrected chi connectivity index (χ2v) is 5.30. The summed E-state index contributed by atoms with van der Waals surface area (Å²) in [4.78, 5) is 14.2. The molecule has 0 amide bonds. The van der Waals surface area contributed by atoms with Crippen LogP contribution in [0.25, 0.3) is 11.0 Å². The summed E-state index contributed by atoms with van der Waals surface area (Å²) in [5.74, 6) is 0. The lowest BCUT2D eigenvalue weighted by Gasteiger charge is -2.20. The number of rotatable bonds is 1. The van der Waals surface area contributed by atoms with E-state index >= 15 is 0 Å². The summed E-state index contributed by atoms with van der Waals surface area (Å²) in [6.45, 7) is 5.71. The second-order valence-electron chi connectivity index (χ2n) is 5.30. The quantitative estimate of drug-likeness (QED) is 0.746. The fourth-order valence-corrected chi connectivity index (χ4v) is 2.85. The van der Waals surface area contributed by atoms with Crippen LogP contribution in [-0.4, -0.2) is 13.1 Å². The average molecular weight is 268 g/mol. The van der Waals surface area contributed by atoms with E-state index in [0.29, 0.717) is 5.58 Å². The van der Waals surface area contributed by atoms with E-state index in [9.17, 15) is 10.1 Å². The lowest BCUT2D eigenvalue weighted by atomic mass is 10.0. The maximum absolute atomic E-state index is 12.1. The predicted molar refractivity (Wildman–Crippen MR) is 78.1 cm³/mol. The SMILES string of the molecule is Cc1ccc2c(N3CCCC3)c(C#N)c(=O)oc2c1C. The van der Waals surface area contributed by atoms with Gasteiger partial charge in [-0.25, -0.2) is 4.79 Å². The zero-order valence-electron chi connectivity index (χ0n) is 11.7. The molecule has 1 saturated heterocycles. The molecule has 1 aliphatic heterocycles. The highest BCUT2D eigenvalue weighted by atomic mass is 16.4. The van der Waals surface area contributed by atoms with Crippen molar-refractivity contribution in [2.24, 2.45) is 0 Å². The van der Waals surface area contributed by atoms with E-state index < -0.39 is 5.63 Å². The Kier molecular flexibility index (Phi) is 2.98. The van der Waals surface area contributed by atoms with E-state index in [4.69, 9.17) is 4.42 Å². The predicted octanol–water partition coefficient (Wildman–Crippen LogP) is 2.88. The number of nitrogens with zero attached hydrogens (tertiary/aromatic N) is 2. The molecule has 0 radical (unpaired) electrons. The standard InChI is InChI=1S/C16H16N2O2/c1-10-5-6-12-14(18-7-3-4-8-18)13(9-17)16(19)20-15(12)11(10)2/h5-6H,3-4,7-8H2,1-2H3. The Hall–Kier alpha value is -2.28. The summed E-state index contributed by atoms with van der Waals surface area (Å²) in [5.41, 5.74) is 3.00. The van der Waals surface area contributed by atoms with E-state index in [-0.39, 0.29) is 5.56 Å². The van der Waals surface area contributed by atoms with Crippen LogP contribution in [-0.2, 0) is 0 Å². The Morgan fingerprint density at radius 3 is 2.60 bits per heavy atom. The minimum atomic E-state index is -0.532. The Bertz CT molecular complexity index is 778. The fraction of sp³-hybridized carbons (Fsp3) is 0.375. The Morgan fingerprint density at radius 2 is 1.95 bits per heavy atom. The molecule has 4 heteroatoms. The fourth-order valence-electron chi connectivity index (χ4n) is 2.85.